The Morgan fingerprint density at radius 1 is 1.58 bits per heavy atom. The van der Waals surface area contributed by atoms with Crippen molar-refractivity contribution >= 4 is 11.6 Å². The monoisotopic (exact) mass is 161 g/mol. The maximum Gasteiger partial charge on any atom is 0.329 e. The Morgan fingerprint density at radius 3 is 2.67 bits per heavy atom. The van der Waals surface area contributed by atoms with Crippen LogP contribution in [0.4, 0.5) is 5.69 Å². The zero-order chi connectivity index (χ0) is 8.97. The summed E-state index contributed by atoms with van der Waals surface area (Å²) in [4.78, 5) is 15.9. The second kappa shape index (κ2) is 3.49. The first-order valence-electron chi connectivity index (χ1n) is 3.33. The molecule has 0 atom stereocenters. The molecule has 1 heterocycles. The highest BCUT2D eigenvalue weighted by atomic mass is 16.2. The molecule has 4 heteroatoms. The predicted octanol–water partition coefficient (Wildman–Crippen LogP) is 0.568. The zero-order valence-corrected chi connectivity index (χ0v) is 6.56. The van der Waals surface area contributed by atoms with Gasteiger partial charge in [0.05, 0.1) is 0 Å². The molecular weight excluding hydrogens is 154 g/mol. The number of nitrogens with zero attached hydrogens (tertiary/aromatic N) is 3. The standard InChI is InChI=1S/C8H7N3O/c1-11(8(12)6-9)7-2-4-10-5-3-7/h2-5H,1H3. The van der Waals surface area contributed by atoms with E-state index in [2.05, 4.69) is 4.98 Å². The molecule has 0 saturated carbocycles. The fraction of sp³-hybridized carbons (Fsp3) is 0.125. The van der Waals surface area contributed by atoms with Crippen molar-refractivity contribution in [2.24, 2.45) is 0 Å². The minimum Gasteiger partial charge on any atom is -0.303 e. The Hall–Kier alpha value is -1.89. The van der Waals surface area contributed by atoms with Gasteiger partial charge in [0.1, 0.15) is 0 Å². The number of pyridine rings is 1. The molecule has 0 bridgehead atoms. The summed E-state index contributed by atoms with van der Waals surface area (Å²) >= 11 is 0. The first kappa shape index (κ1) is 8.21. The SMILES string of the molecule is CN(C(=O)C#N)c1ccncc1. The van der Waals surface area contributed by atoms with Crippen molar-refractivity contribution in [3.8, 4) is 6.07 Å². The van der Waals surface area contributed by atoms with Crippen LogP contribution in [-0.4, -0.2) is 17.9 Å². The van der Waals surface area contributed by atoms with Crippen molar-refractivity contribution in [3.63, 3.8) is 0 Å². The third kappa shape index (κ3) is 1.58. The molecule has 60 valence electrons. The summed E-state index contributed by atoms with van der Waals surface area (Å²) in [5.41, 5.74) is 0.663. The summed E-state index contributed by atoms with van der Waals surface area (Å²) in [5, 5.41) is 8.31. The maximum absolute atomic E-state index is 10.9. The third-order valence-corrected chi connectivity index (χ3v) is 1.45. The molecule has 0 aliphatic rings. The molecule has 4 nitrogen and oxygen atoms in total. The number of nitriles is 1. The first-order chi connectivity index (χ1) is 5.75. The number of rotatable bonds is 1. The largest absolute Gasteiger partial charge is 0.329 e. The number of anilines is 1. The molecule has 0 aromatic carbocycles. The van der Waals surface area contributed by atoms with Gasteiger partial charge in [-0.3, -0.25) is 9.78 Å². The summed E-state index contributed by atoms with van der Waals surface area (Å²) in [6.07, 6.45) is 3.13. The Labute approximate surface area is 70.1 Å². The molecule has 0 unspecified atom stereocenters. The van der Waals surface area contributed by atoms with Gasteiger partial charge in [-0.1, -0.05) is 0 Å². The van der Waals surface area contributed by atoms with Gasteiger partial charge in [-0.15, -0.1) is 0 Å². The summed E-state index contributed by atoms with van der Waals surface area (Å²) in [6, 6.07) is 4.85. The Kier molecular flexibility index (Phi) is 2.38. The number of aromatic nitrogens is 1. The third-order valence-electron chi connectivity index (χ3n) is 1.45. The van der Waals surface area contributed by atoms with E-state index in [1.54, 1.807) is 31.6 Å². The highest BCUT2D eigenvalue weighted by Gasteiger charge is 2.07. The van der Waals surface area contributed by atoms with E-state index in [1.165, 1.54) is 11.0 Å². The fourth-order valence-corrected chi connectivity index (χ4v) is 0.760. The van der Waals surface area contributed by atoms with E-state index in [9.17, 15) is 4.79 Å². The molecule has 0 aliphatic carbocycles. The maximum atomic E-state index is 10.9. The average Bonchev–Trinajstić information content (AvgIpc) is 2.17. The van der Waals surface area contributed by atoms with Crippen molar-refractivity contribution in [3.05, 3.63) is 24.5 Å². The molecule has 0 fully saturated rings. The van der Waals surface area contributed by atoms with Crippen LogP contribution < -0.4 is 4.90 Å². The Morgan fingerprint density at radius 2 is 2.17 bits per heavy atom. The Bertz CT molecular complexity index is 315. The summed E-state index contributed by atoms with van der Waals surface area (Å²) in [5.74, 6) is -0.582. The van der Waals surface area contributed by atoms with Gasteiger partial charge in [0, 0.05) is 25.1 Å². The van der Waals surface area contributed by atoms with E-state index in [-0.39, 0.29) is 0 Å². The Balaban J connectivity index is 2.87. The second-order valence-corrected chi connectivity index (χ2v) is 2.18. The minimum absolute atomic E-state index is 0.582. The van der Waals surface area contributed by atoms with Crippen LogP contribution in [0.15, 0.2) is 24.5 Å². The highest BCUT2D eigenvalue weighted by molar-refractivity contribution is 6.03. The van der Waals surface area contributed by atoms with Gasteiger partial charge in [0.15, 0.2) is 6.07 Å². The minimum atomic E-state index is -0.582. The van der Waals surface area contributed by atoms with E-state index in [1.807, 2.05) is 0 Å². The van der Waals surface area contributed by atoms with Crippen LogP contribution in [-0.2, 0) is 4.79 Å². The van der Waals surface area contributed by atoms with Gasteiger partial charge in [0.2, 0.25) is 0 Å². The van der Waals surface area contributed by atoms with Gasteiger partial charge >= 0.3 is 5.91 Å². The molecule has 0 radical (unpaired) electrons. The van der Waals surface area contributed by atoms with E-state index >= 15 is 0 Å². The summed E-state index contributed by atoms with van der Waals surface area (Å²) in [6.45, 7) is 0. The molecule has 1 aromatic rings. The summed E-state index contributed by atoms with van der Waals surface area (Å²) in [7, 11) is 1.54. The highest BCUT2D eigenvalue weighted by Crippen LogP contribution is 2.08. The first-order valence-corrected chi connectivity index (χ1v) is 3.33. The van der Waals surface area contributed by atoms with Gasteiger partial charge in [-0.05, 0) is 12.1 Å². The van der Waals surface area contributed by atoms with Crippen molar-refractivity contribution in [1.29, 1.82) is 5.26 Å². The lowest BCUT2D eigenvalue weighted by molar-refractivity contribution is -0.113. The van der Waals surface area contributed by atoms with E-state index in [0.717, 1.165) is 0 Å². The number of hydrogen-bond donors (Lipinski definition) is 0. The molecule has 1 rings (SSSR count). The zero-order valence-electron chi connectivity index (χ0n) is 6.56. The van der Waals surface area contributed by atoms with E-state index in [4.69, 9.17) is 5.26 Å². The lowest BCUT2D eigenvalue weighted by Gasteiger charge is -2.11. The molecule has 12 heavy (non-hydrogen) atoms. The number of carbonyl (C=O) groups excluding carboxylic acids is 1. The van der Waals surface area contributed by atoms with Crippen molar-refractivity contribution in [1.82, 2.24) is 4.98 Å². The molecule has 0 spiro atoms. The van der Waals surface area contributed by atoms with Crippen LogP contribution in [0.2, 0.25) is 0 Å². The van der Waals surface area contributed by atoms with Gasteiger partial charge < -0.3 is 4.90 Å². The topological polar surface area (TPSA) is 57.0 Å². The lowest BCUT2D eigenvalue weighted by atomic mass is 10.3. The molecule has 0 N–H and O–H groups in total. The fourth-order valence-electron chi connectivity index (χ4n) is 0.760. The van der Waals surface area contributed by atoms with E-state index in [0.29, 0.717) is 5.69 Å². The second-order valence-electron chi connectivity index (χ2n) is 2.18. The van der Waals surface area contributed by atoms with Gasteiger partial charge in [-0.2, -0.15) is 5.26 Å². The van der Waals surface area contributed by atoms with Crippen molar-refractivity contribution in [2.75, 3.05) is 11.9 Å². The molecular formula is C8H7N3O. The van der Waals surface area contributed by atoms with Crippen LogP contribution in [0.25, 0.3) is 0 Å². The molecule has 0 aliphatic heterocycles. The van der Waals surface area contributed by atoms with Crippen LogP contribution in [0, 0.1) is 11.3 Å². The van der Waals surface area contributed by atoms with Crippen LogP contribution in [0.5, 0.6) is 0 Å². The number of amides is 1. The normalized spacial score (nSPS) is 8.67. The predicted molar refractivity (Wildman–Crippen MR) is 43.3 cm³/mol. The smallest absolute Gasteiger partial charge is 0.303 e. The number of carbonyl (C=O) groups is 1. The van der Waals surface area contributed by atoms with Gasteiger partial charge in [0.25, 0.3) is 0 Å². The molecule has 1 aromatic heterocycles. The van der Waals surface area contributed by atoms with Crippen molar-refractivity contribution in [2.45, 2.75) is 0 Å². The average molecular weight is 161 g/mol. The summed E-state index contributed by atoms with van der Waals surface area (Å²) < 4.78 is 0. The number of hydrogen-bond acceptors (Lipinski definition) is 3. The lowest BCUT2D eigenvalue weighted by Crippen LogP contribution is -2.24. The molecule has 1 amide bonds. The van der Waals surface area contributed by atoms with Gasteiger partial charge in [-0.25, -0.2) is 0 Å². The molecule has 0 saturated heterocycles. The van der Waals surface area contributed by atoms with E-state index < -0.39 is 5.91 Å². The quantitative estimate of drug-likeness (QED) is 0.566. The van der Waals surface area contributed by atoms with Crippen LogP contribution in [0.3, 0.4) is 0 Å². The van der Waals surface area contributed by atoms with Crippen LogP contribution in [0.1, 0.15) is 0 Å². The van der Waals surface area contributed by atoms with Crippen molar-refractivity contribution < 1.29 is 4.79 Å². The van der Waals surface area contributed by atoms with Crippen LogP contribution >= 0.6 is 0 Å².